The summed E-state index contributed by atoms with van der Waals surface area (Å²) in [5, 5.41) is 11.0. The maximum atomic E-state index is 11.0. The normalized spacial score (nSPS) is 28.0. The van der Waals surface area contributed by atoms with Crippen molar-refractivity contribution in [3.63, 3.8) is 0 Å². The van der Waals surface area contributed by atoms with Gasteiger partial charge in [0.25, 0.3) is 0 Å². The molecule has 3 N–H and O–H groups in total. The van der Waals surface area contributed by atoms with E-state index < -0.39 is 6.10 Å². The molecule has 0 saturated heterocycles. The molecule has 4 nitrogen and oxygen atoms in total. The number of aromatic nitrogens is 2. The Morgan fingerprint density at radius 1 is 1.43 bits per heavy atom. The van der Waals surface area contributed by atoms with Crippen LogP contribution in [0.1, 0.15) is 64.7 Å². The largest absolute Gasteiger partial charge is 0.386 e. The van der Waals surface area contributed by atoms with Gasteiger partial charge in [0.1, 0.15) is 6.10 Å². The Bertz CT molecular complexity index is 433. The molecule has 0 aromatic carbocycles. The first-order valence-corrected chi connectivity index (χ1v) is 8.42. The summed E-state index contributed by atoms with van der Waals surface area (Å²) in [5.74, 6) is 1.50. The van der Waals surface area contributed by atoms with E-state index >= 15 is 0 Å². The second kappa shape index (κ2) is 6.93. The fourth-order valence-corrected chi connectivity index (χ4v) is 3.77. The van der Waals surface area contributed by atoms with Crippen LogP contribution in [0.25, 0.3) is 0 Å². The zero-order valence-electron chi connectivity index (χ0n) is 13.8. The number of hydrogen-bond donors (Lipinski definition) is 2. The molecule has 1 aromatic heterocycles. The van der Waals surface area contributed by atoms with E-state index in [0.717, 1.165) is 43.3 Å². The molecule has 1 aliphatic rings. The van der Waals surface area contributed by atoms with E-state index in [1.165, 1.54) is 12.8 Å². The Hall–Kier alpha value is -0.870. The van der Waals surface area contributed by atoms with Gasteiger partial charge >= 0.3 is 0 Å². The Balaban J connectivity index is 2.15. The molecule has 0 amide bonds. The van der Waals surface area contributed by atoms with Gasteiger partial charge in [0.05, 0.1) is 18.2 Å². The molecule has 1 atom stereocenters. The lowest BCUT2D eigenvalue weighted by atomic mass is 9.64. The summed E-state index contributed by atoms with van der Waals surface area (Å²) in [6.45, 7) is 8.19. The third-order valence-corrected chi connectivity index (χ3v) is 5.44. The summed E-state index contributed by atoms with van der Waals surface area (Å²) in [4.78, 5) is 4.23. The fourth-order valence-electron chi connectivity index (χ4n) is 3.77. The molecule has 1 aromatic rings. The van der Waals surface area contributed by atoms with Crippen LogP contribution in [0.4, 0.5) is 0 Å². The van der Waals surface area contributed by atoms with Gasteiger partial charge < -0.3 is 15.4 Å². The Kier molecular flexibility index (Phi) is 5.44. The maximum absolute atomic E-state index is 11.0. The van der Waals surface area contributed by atoms with Crippen LogP contribution < -0.4 is 5.73 Å². The second-order valence-corrected chi connectivity index (χ2v) is 7.06. The molecule has 0 radical (unpaired) electrons. The minimum atomic E-state index is -0.496. The Labute approximate surface area is 128 Å². The minimum Gasteiger partial charge on any atom is -0.386 e. The number of aliphatic hydroxyl groups is 1. The third kappa shape index (κ3) is 3.32. The summed E-state index contributed by atoms with van der Waals surface area (Å²) < 4.78 is 2.08. The van der Waals surface area contributed by atoms with E-state index in [2.05, 4.69) is 30.3 Å². The highest BCUT2D eigenvalue weighted by molar-refractivity contribution is 5.09. The van der Waals surface area contributed by atoms with E-state index in [9.17, 15) is 5.11 Å². The number of hydrogen-bond acceptors (Lipinski definition) is 3. The quantitative estimate of drug-likeness (QED) is 0.847. The first-order chi connectivity index (χ1) is 10.0. The van der Waals surface area contributed by atoms with Crippen molar-refractivity contribution in [2.45, 2.75) is 65.5 Å². The van der Waals surface area contributed by atoms with Crippen LogP contribution in [0.3, 0.4) is 0 Å². The molecule has 1 fully saturated rings. The summed E-state index contributed by atoms with van der Waals surface area (Å²) in [7, 11) is 0. The van der Waals surface area contributed by atoms with Crippen LogP contribution in [0.2, 0.25) is 0 Å². The molecular formula is C17H31N3O. The van der Waals surface area contributed by atoms with Gasteiger partial charge in [-0.3, -0.25) is 0 Å². The van der Waals surface area contributed by atoms with Gasteiger partial charge in [-0.15, -0.1) is 0 Å². The summed E-state index contributed by atoms with van der Waals surface area (Å²) >= 11 is 0. The highest BCUT2D eigenvalue weighted by Gasteiger charge is 2.42. The first kappa shape index (κ1) is 16.5. The SMILES string of the molecule is CCCn1cncc1C(O)C1(CN)CCC(C(C)C)CC1. The van der Waals surface area contributed by atoms with Crippen molar-refractivity contribution < 1.29 is 5.11 Å². The van der Waals surface area contributed by atoms with Crippen LogP contribution in [0.5, 0.6) is 0 Å². The van der Waals surface area contributed by atoms with E-state index in [1.54, 1.807) is 0 Å². The van der Waals surface area contributed by atoms with E-state index in [4.69, 9.17) is 5.73 Å². The zero-order valence-corrected chi connectivity index (χ0v) is 13.8. The third-order valence-electron chi connectivity index (χ3n) is 5.44. The van der Waals surface area contributed by atoms with E-state index in [0.29, 0.717) is 6.54 Å². The first-order valence-electron chi connectivity index (χ1n) is 8.42. The molecule has 1 aliphatic carbocycles. The average molecular weight is 293 g/mol. The fraction of sp³-hybridized carbons (Fsp3) is 0.824. The monoisotopic (exact) mass is 293 g/mol. The van der Waals surface area contributed by atoms with Crippen molar-refractivity contribution in [1.29, 1.82) is 0 Å². The summed E-state index contributed by atoms with van der Waals surface area (Å²) in [6.07, 6.45) is 8.57. The minimum absolute atomic E-state index is 0.170. The predicted molar refractivity (Wildman–Crippen MR) is 85.8 cm³/mol. The van der Waals surface area contributed by atoms with Crippen molar-refractivity contribution in [1.82, 2.24) is 9.55 Å². The molecule has 2 rings (SSSR count). The van der Waals surface area contributed by atoms with Crippen LogP contribution in [0.15, 0.2) is 12.5 Å². The number of aryl methyl sites for hydroxylation is 1. The zero-order chi connectivity index (χ0) is 15.5. The molecule has 0 aliphatic heterocycles. The molecule has 21 heavy (non-hydrogen) atoms. The smallest absolute Gasteiger partial charge is 0.102 e. The van der Waals surface area contributed by atoms with Crippen molar-refractivity contribution >= 4 is 0 Å². The van der Waals surface area contributed by atoms with Gasteiger partial charge in [-0.05, 0) is 43.9 Å². The molecule has 1 saturated carbocycles. The van der Waals surface area contributed by atoms with Crippen molar-refractivity contribution in [2.75, 3.05) is 6.54 Å². The van der Waals surface area contributed by atoms with E-state index in [-0.39, 0.29) is 5.41 Å². The molecule has 0 bridgehead atoms. The molecular weight excluding hydrogens is 262 g/mol. The van der Waals surface area contributed by atoms with Crippen molar-refractivity contribution in [2.24, 2.45) is 23.0 Å². The van der Waals surface area contributed by atoms with Crippen LogP contribution in [0, 0.1) is 17.3 Å². The van der Waals surface area contributed by atoms with Crippen molar-refractivity contribution in [3.8, 4) is 0 Å². The standard InChI is InChI=1S/C17H31N3O/c1-4-9-20-12-19-10-15(20)16(21)17(11-18)7-5-14(6-8-17)13(2)3/h10,12-14,16,21H,4-9,11,18H2,1-3H3. The lowest BCUT2D eigenvalue weighted by molar-refractivity contribution is -0.0193. The van der Waals surface area contributed by atoms with Crippen molar-refractivity contribution in [3.05, 3.63) is 18.2 Å². The van der Waals surface area contributed by atoms with Crippen LogP contribution in [-0.2, 0) is 6.54 Å². The molecule has 4 heteroatoms. The van der Waals surface area contributed by atoms with Crippen LogP contribution >= 0.6 is 0 Å². The van der Waals surface area contributed by atoms with Gasteiger partial charge in [0.15, 0.2) is 0 Å². The number of nitrogens with two attached hydrogens (primary N) is 1. The maximum Gasteiger partial charge on any atom is 0.102 e. The Morgan fingerprint density at radius 2 is 2.10 bits per heavy atom. The number of imidazole rings is 1. The average Bonchev–Trinajstić information content (AvgIpc) is 2.95. The van der Waals surface area contributed by atoms with Gasteiger partial charge in [-0.2, -0.15) is 0 Å². The Morgan fingerprint density at radius 3 is 2.62 bits per heavy atom. The highest BCUT2D eigenvalue weighted by Crippen LogP contribution is 2.48. The van der Waals surface area contributed by atoms with Gasteiger partial charge in [-0.1, -0.05) is 20.8 Å². The topological polar surface area (TPSA) is 64.1 Å². The molecule has 120 valence electrons. The summed E-state index contributed by atoms with van der Waals surface area (Å²) in [6, 6.07) is 0. The molecule has 0 spiro atoms. The van der Waals surface area contributed by atoms with Gasteiger partial charge in [0.2, 0.25) is 0 Å². The molecule has 1 unspecified atom stereocenters. The number of aliphatic hydroxyl groups excluding tert-OH is 1. The van der Waals surface area contributed by atoms with Crippen LogP contribution in [-0.4, -0.2) is 21.2 Å². The second-order valence-electron chi connectivity index (χ2n) is 7.06. The highest BCUT2D eigenvalue weighted by atomic mass is 16.3. The van der Waals surface area contributed by atoms with Gasteiger partial charge in [0, 0.05) is 18.5 Å². The summed E-state index contributed by atoms with van der Waals surface area (Å²) in [5.41, 5.74) is 6.87. The molecule has 1 heterocycles. The van der Waals surface area contributed by atoms with Gasteiger partial charge in [-0.25, -0.2) is 4.98 Å². The number of rotatable bonds is 6. The number of nitrogens with zero attached hydrogens (tertiary/aromatic N) is 2. The lowest BCUT2D eigenvalue weighted by Gasteiger charge is -2.43. The van der Waals surface area contributed by atoms with E-state index in [1.807, 2.05) is 12.5 Å². The lowest BCUT2D eigenvalue weighted by Crippen LogP contribution is -2.41. The predicted octanol–water partition coefficient (Wildman–Crippen LogP) is 3.12.